The molecule has 0 unspecified atom stereocenters. The van der Waals surface area contributed by atoms with E-state index in [4.69, 9.17) is 4.74 Å². The molecule has 128 valence electrons. The summed E-state index contributed by atoms with van der Waals surface area (Å²) in [4.78, 5) is 28.4. The molecule has 1 atom stereocenters. The zero-order valence-corrected chi connectivity index (χ0v) is 14.0. The second kappa shape index (κ2) is 6.27. The zero-order valence-electron chi connectivity index (χ0n) is 13.2. The first-order valence-corrected chi connectivity index (χ1v) is 9.39. The highest BCUT2D eigenvalue weighted by molar-refractivity contribution is 7.91. The molecule has 2 heterocycles. The third-order valence-electron chi connectivity index (χ3n) is 4.23. The summed E-state index contributed by atoms with van der Waals surface area (Å²) in [6.07, 6.45) is 0.417. The Morgan fingerprint density at radius 1 is 1.33 bits per heavy atom. The van der Waals surface area contributed by atoms with Crippen molar-refractivity contribution >= 4 is 32.6 Å². The number of aromatic amines is 1. The number of aromatic nitrogens is 1. The fraction of sp³-hybridized carbons (Fsp3) is 0.375. The van der Waals surface area contributed by atoms with Crippen LogP contribution in [0.2, 0.25) is 0 Å². The van der Waals surface area contributed by atoms with Crippen LogP contribution in [0.4, 0.5) is 0 Å². The smallest absolute Gasteiger partial charge is 0.355 e. The van der Waals surface area contributed by atoms with Gasteiger partial charge in [-0.2, -0.15) is 0 Å². The van der Waals surface area contributed by atoms with E-state index in [1.54, 1.807) is 6.07 Å². The molecule has 1 amide bonds. The topological polar surface area (TPSA) is 96.5 Å². The van der Waals surface area contributed by atoms with Crippen LogP contribution in [0, 0.1) is 0 Å². The number of nitrogens with zero attached hydrogens (tertiary/aromatic N) is 1. The number of carbonyl (C=O) groups is 2. The van der Waals surface area contributed by atoms with Gasteiger partial charge in [0.2, 0.25) is 0 Å². The SMILES string of the molecule is CN(C(=O)COC(=O)c1cc2ccccc2[nH]1)[C@H]1CCS(=O)(=O)C1. The standard InChI is InChI=1S/C16H18N2O5S/c1-18(12-6-7-24(21,22)10-12)15(19)9-23-16(20)14-8-11-4-2-3-5-13(11)17-14/h2-5,8,12,17H,6-7,9-10H2,1H3/t12-/m0/s1. The molecule has 0 radical (unpaired) electrons. The number of sulfone groups is 1. The summed E-state index contributed by atoms with van der Waals surface area (Å²) < 4.78 is 28.0. The van der Waals surface area contributed by atoms with Crippen LogP contribution in [-0.2, 0) is 19.4 Å². The number of hydrogen-bond donors (Lipinski definition) is 1. The number of carbonyl (C=O) groups excluding carboxylic acids is 2. The molecule has 7 nitrogen and oxygen atoms in total. The van der Waals surface area contributed by atoms with Gasteiger partial charge in [-0.15, -0.1) is 0 Å². The van der Waals surface area contributed by atoms with Gasteiger partial charge in [0, 0.05) is 24.0 Å². The van der Waals surface area contributed by atoms with E-state index in [1.807, 2.05) is 24.3 Å². The highest BCUT2D eigenvalue weighted by atomic mass is 32.2. The number of para-hydroxylation sites is 1. The van der Waals surface area contributed by atoms with Gasteiger partial charge in [-0.05, 0) is 18.6 Å². The molecule has 1 aromatic heterocycles. The van der Waals surface area contributed by atoms with Crippen molar-refractivity contribution in [2.24, 2.45) is 0 Å². The van der Waals surface area contributed by atoms with Crippen LogP contribution in [0.3, 0.4) is 0 Å². The van der Waals surface area contributed by atoms with Crippen molar-refractivity contribution in [2.45, 2.75) is 12.5 Å². The molecule has 0 bridgehead atoms. The number of hydrogen-bond acceptors (Lipinski definition) is 5. The number of ether oxygens (including phenoxy) is 1. The van der Waals surface area contributed by atoms with Gasteiger partial charge in [-0.25, -0.2) is 13.2 Å². The van der Waals surface area contributed by atoms with Crippen molar-refractivity contribution in [3.8, 4) is 0 Å². The largest absolute Gasteiger partial charge is 0.451 e. The minimum atomic E-state index is -3.07. The lowest BCUT2D eigenvalue weighted by atomic mass is 10.2. The average Bonchev–Trinajstić information content (AvgIpc) is 3.14. The highest BCUT2D eigenvalue weighted by Gasteiger charge is 2.33. The summed E-state index contributed by atoms with van der Waals surface area (Å²) in [7, 11) is -1.54. The Labute approximate surface area is 139 Å². The maximum atomic E-state index is 12.1. The molecule has 1 fully saturated rings. The molecular weight excluding hydrogens is 332 g/mol. The maximum Gasteiger partial charge on any atom is 0.355 e. The molecule has 1 aromatic carbocycles. The van der Waals surface area contributed by atoms with Crippen molar-refractivity contribution in [3.63, 3.8) is 0 Å². The van der Waals surface area contributed by atoms with Gasteiger partial charge >= 0.3 is 5.97 Å². The molecule has 24 heavy (non-hydrogen) atoms. The minimum absolute atomic E-state index is 0.0365. The number of fused-ring (bicyclic) bond motifs is 1. The summed E-state index contributed by atoms with van der Waals surface area (Å²) in [6, 6.07) is 8.72. The summed E-state index contributed by atoms with van der Waals surface area (Å²) in [5, 5.41) is 0.879. The molecule has 1 N–H and O–H groups in total. The van der Waals surface area contributed by atoms with E-state index in [9.17, 15) is 18.0 Å². The van der Waals surface area contributed by atoms with E-state index in [-0.39, 0.29) is 23.2 Å². The van der Waals surface area contributed by atoms with E-state index in [0.717, 1.165) is 10.9 Å². The Morgan fingerprint density at radius 3 is 2.75 bits per heavy atom. The van der Waals surface area contributed by atoms with Crippen molar-refractivity contribution in [1.29, 1.82) is 0 Å². The van der Waals surface area contributed by atoms with E-state index < -0.39 is 28.3 Å². The summed E-state index contributed by atoms with van der Waals surface area (Å²) in [5.41, 5.74) is 1.08. The molecule has 0 saturated carbocycles. The predicted octanol–water partition coefficient (Wildman–Crippen LogP) is 0.970. The first kappa shape index (κ1) is 16.5. The summed E-state index contributed by atoms with van der Waals surface area (Å²) in [5.74, 6) is -0.983. The third-order valence-corrected chi connectivity index (χ3v) is 5.98. The summed E-state index contributed by atoms with van der Waals surface area (Å²) >= 11 is 0. The van der Waals surface area contributed by atoms with Crippen LogP contribution in [0.25, 0.3) is 10.9 Å². The molecule has 1 aliphatic rings. The van der Waals surface area contributed by atoms with Crippen LogP contribution in [0.5, 0.6) is 0 Å². The average molecular weight is 350 g/mol. The molecule has 0 spiro atoms. The number of H-pyrrole nitrogens is 1. The van der Waals surface area contributed by atoms with E-state index in [0.29, 0.717) is 6.42 Å². The Morgan fingerprint density at radius 2 is 2.08 bits per heavy atom. The fourth-order valence-corrected chi connectivity index (χ4v) is 4.55. The molecule has 0 aliphatic carbocycles. The van der Waals surface area contributed by atoms with Crippen LogP contribution in [0.15, 0.2) is 30.3 Å². The maximum absolute atomic E-state index is 12.1. The lowest BCUT2D eigenvalue weighted by Crippen LogP contribution is -2.40. The molecule has 3 rings (SSSR count). The monoisotopic (exact) mass is 350 g/mol. The quantitative estimate of drug-likeness (QED) is 0.829. The van der Waals surface area contributed by atoms with E-state index in [1.165, 1.54) is 11.9 Å². The lowest BCUT2D eigenvalue weighted by molar-refractivity contribution is -0.134. The third kappa shape index (κ3) is 3.43. The normalized spacial score (nSPS) is 19.3. The number of benzene rings is 1. The number of nitrogens with one attached hydrogen (secondary N) is 1. The molecule has 8 heteroatoms. The zero-order chi connectivity index (χ0) is 17.3. The molecule has 2 aromatic rings. The minimum Gasteiger partial charge on any atom is -0.451 e. The lowest BCUT2D eigenvalue weighted by Gasteiger charge is -2.23. The first-order chi connectivity index (χ1) is 11.4. The Kier molecular flexibility index (Phi) is 4.31. The number of esters is 1. The number of likely N-dealkylation sites (N-methyl/N-ethyl adjacent to an activating group) is 1. The van der Waals surface area contributed by atoms with Gasteiger partial charge < -0.3 is 14.6 Å². The molecular formula is C16H18N2O5S. The van der Waals surface area contributed by atoms with Crippen molar-refractivity contribution in [3.05, 3.63) is 36.0 Å². The van der Waals surface area contributed by atoms with Gasteiger partial charge in [0.15, 0.2) is 16.4 Å². The van der Waals surface area contributed by atoms with Gasteiger partial charge in [0.1, 0.15) is 5.69 Å². The van der Waals surface area contributed by atoms with Gasteiger partial charge in [-0.3, -0.25) is 4.79 Å². The van der Waals surface area contributed by atoms with Crippen LogP contribution in [0.1, 0.15) is 16.9 Å². The molecule has 1 saturated heterocycles. The Hall–Kier alpha value is -2.35. The van der Waals surface area contributed by atoms with E-state index >= 15 is 0 Å². The van der Waals surface area contributed by atoms with Crippen molar-refractivity contribution in [2.75, 3.05) is 25.2 Å². The number of rotatable bonds is 4. The summed E-state index contributed by atoms with van der Waals surface area (Å²) in [6.45, 7) is -0.415. The van der Waals surface area contributed by atoms with Crippen molar-refractivity contribution < 1.29 is 22.7 Å². The van der Waals surface area contributed by atoms with E-state index in [2.05, 4.69) is 4.98 Å². The fourth-order valence-electron chi connectivity index (χ4n) is 2.77. The van der Waals surface area contributed by atoms with Crippen LogP contribution in [-0.4, -0.2) is 61.4 Å². The van der Waals surface area contributed by atoms with Gasteiger partial charge in [0.25, 0.3) is 5.91 Å². The Balaban J connectivity index is 1.58. The van der Waals surface area contributed by atoms with Gasteiger partial charge in [0.05, 0.1) is 11.5 Å². The van der Waals surface area contributed by atoms with Crippen LogP contribution >= 0.6 is 0 Å². The Bertz CT molecular complexity index is 854. The van der Waals surface area contributed by atoms with Crippen molar-refractivity contribution in [1.82, 2.24) is 9.88 Å². The van der Waals surface area contributed by atoms with Gasteiger partial charge in [-0.1, -0.05) is 18.2 Å². The predicted molar refractivity (Wildman–Crippen MR) is 88.4 cm³/mol. The molecule has 1 aliphatic heterocycles. The first-order valence-electron chi connectivity index (χ1n) is 7.57. The second-order valence-electron chi connectivity index (χ2n) is 5.91. The number of amides is 1. The highest BCUT2D eigenvalue weighted by Crippen LogP contribution is 2.17. The second-order valence-corrected chi connectivity index (χ2v) is 8.14. The van der Waals surface area contributed by atoms with Crippen LogP contribution < -0.4 is 0 Å².